The highest BCUT2D eigenvalue weighted by molar-refractivity contribution is 7.92. The molecule has 1 fully saturated rings. The molecule has 0 radical (unpaired) electrons. The van der Waals surface area contributed by atoms with Crippen LogP contribution in [-0.4, -0.2) is 50.9 Å². The lowest BCUT2D eigenvalue weighted by atomic mass is 10.1. The van der Waals surface area contributed by atoms with Crippen LogP contribution in [0.5, 0.6) is 5.75 Å². The standard InChI is InChI=1S/C32H36F3N3O5S/c1-3-29(31(40)36-25-11-7-8-12-25)37(21-23-16-18-27(43-2)19-17-23)30(39)22-38(44(41,42)28-14-5-4-6-15-28)26-13-9-10-24(20-26)32(33,34)35/h4-6,9-10,13-20,25,29H,3,7-8,11-12,21-22H2,1-2H3,(H,36,40)/t29-/m1/s1. The maximum atomic E-state index is 14.1. The zero-order chi connectivity index (χ0) is 31.9. The topological polar surface area (TPSA) is 96.0 Å². The quantitative estimate of drug-likeness (QED) is 0.274. The van der Waals surface area contributed by atoms with Crippen LogP contribution in [0.4, 0.5) is 18.9 Å². The number of carbonyl (C=O) groups is 2. The van der Waals surface area contributed by atoms with Gasteiger partial charge >= 0.3 is 6.18 Å². The van der Waals surface area contributed by atoms with Crippen molar-refractivity contribution in [1.29, 1.82) is 0 Å². The van der Waals surface area contributed by atoms with Gasteiger partial charge in [0.15, 0.2) is 0 Å². The molecule has 236 valence electrons. The SMILES string of the molecule is CC[C@H](C(=O)NC1CCCC1)N(Cc1ccc(OC)cc1)C(=O)CN(c1cccc(C(F)(F)F)c1)S(=O)(=O)c1ccccc1. The number of anilines is 1. The first-order chi connectivity index (χ1) is 20.9. The molecule has 1 aliphatic rings. The van der Waals surface area contributed by atoms with E-state index in [1.54, 1.807) is 37.3 Å². The average molecular weight is 632 g/mol. The number of hydrogen-bond acceptors (Lipinski definition) is 5. The third-order valence-electron chi connectivity index (χ3n) is 7.67. The summed E-state index contributed by atoms with van der Waals surface area (Å²) < 4.78 is 74.6. The monoisotopic (exact) mass is 631 g/mol. The van der Waals surface area contributed by atoms with Crippen molar-refractivity contribution < 1.29 is 35.9 Å². The van der Waals surface area contributed by atoms with Crippen molar-refractivity contribution in [3.8, 4) is 5.75 Å². The van der Waals surface area contributed by atoms with E-state index in [0.717, 1.165) is 37.8 Å². The highest BCUT2D eigenvalue weighted by Crippen LogP contribution is 2.33. The smallest absolute Gasteiger partial charge is 0.416 e. The lowest BCUT2D eigenvalue weighted by Crippen LogP contribution is -2.53. The van der Waals surface area contributed by atoms with Gasteiger partial charge in [-0.05, 0) is 67.3 Å². The Hall–Kier alpha value is -4.06. The minimum Gasteiger partial charge on any atom is -0.497 e. The van der Waals surface area contributed by atoms with Gasteiger partial charge in [0.1, 0.15) is 18.3 Å². The fourth-order valence-corrected chi connectivity index (χ4v) is 6.73. The number of nitrogens with one attached hydrogen (secondary N) is 1. The normalized spacial score (nSPS) is 14.6. The second-order valence-corrected chi connectivity index (χ2v) is 12.5. The van der Waals surface area contributed by atoms with Gasteiger partial charge in [0.2, 0.25) is 11.8 Å². The van der Waals surface area contributed by atoms with Crippen LogP contribution in [0.3, 0.4) is 0 Å². The van der Waals surface area contributed by atoms with Gasteiger partial charge in [-0.3, -0.25) is 13.9 Å². The Morgan fingerprint density at radius 3 is 2.23 bits per heavy atom. The molecule has 0 aliphatic heterocycles. The minimum absolute atomic E-state index is 0.0189. The molecule has 1 atom stereocenters. The van der Waals surface area contributed by atoms with E-state index in [4.69, 9.17) is 4.74 Å². The van der Waals surface area contributed by atoms with Gasteiger partial charge in [0.25, 0.3) is 10.0 Å². The van der Waals surface area contributed by atoms with Crippen LogP contribution in [0.2, 0.25) is 0 Å². The molecular weight excluding hydrogens is 595 g/mol. The minimum atomic E-state index is -4.74. The summed E-state index contributed by atoms with van der Waals surface area (Å²) in [6.07, 6.45) is -0.886. The Labute approximate surface area is 255 Å². The maximum Gasteiger partial charge on any atom is 0.416 e. The molecule has 44 heavy (non-hydrogen) atoms. The Morgan fingerprint density at radius 1 is 0.977 bits per heavy atom. The van der Waals surface area contributed by atoms with E-state index in [0.29, 0.717) is 21.7 Å². The molecule has 1 saturated carbocycles. The summed E-state index contributed by atoms with van der Waals surface area (Å²) in [5, 5.41) is 3.02. The predicted molar refractivity (Wildman–Crippen MR) is 160 cm³/mol. The van der Waals surface area contributed by atoms with Crippen LogP contribution >= 0.6 is 0 Å². The summed E-state index contributed by atoms with van der Waals surface area (Å²) in [6.45, 7) is 0.877. The lowest BCUT2D eigenvalue weighted by molar-refractivity contribution is -0.140. The Balaban J connectivity index is 1.74. The number of benzene rings is 3. The summed E-state index contributed by atoms with van der Waals surface area (Å²) in [4.78, 5) is 28.8. The third kappa shape index (κ3) is 7.90. The van der Waals surface area contributed by atoms with Crippen molar-refractivity contribution in [2.24, 2.45) is 0 Å². The first kappa shape index (κ1) is 32.8. The highest BCUT2D eigenvalue weighted by atomic mass is 32.2. The van der Waals surface area contributed by atoms with Crippen LogP contribution in [0, 0.1) is 0 Å². The zero-order valence-electron chi connectivity index (χ0n) is 24.6. The Bertz CT molecular complexity index is 1530. The van der Waals surface area contributed by atoms with Crippen molar-refractivity contribution in [2.45, 2.75) is 68.7 Å². The molecule has 0 aromatic heterocycles. The number of amides is 2. The lowest BCUT2D eigenvalue weighted by Gasteiger charge is -2.34. The molecule has 12 heteroatoms. The number of rotatable bonds is 12. The van der Waals surface area contributed by atoms with Crippen molar-refractivity contribution in [1.82, 2.24) is 10.2 Å². The number of halogens is 3. The van der Waals surface area contributed by atoms with E-state index in [1.165, 1.54) is 42.3 Å². The molecule has 3 aromatic carbocycles. The molecule has 0 spiro atoms. The van der Waals surface area contributed by atoms with Crippen molar-refractivity contribution in [3.63, 3.8) is 0 Å². The van der Waals surface area contributed by atoms with Gasteiger partial charge in [0, 0.05) is 12.6 Å². The van der Waals surface area contributed by atoms with Gasteiger partial charge in [-0.25, -0.2) is 8.42 Å². The number of sulfonamides is 1. The van der Waals surface area contributed by atoms with Gasteiger partial charge in [-0.2, -0.15) is 13.2 Å². The third-order valence-corrected chi connectivity index (χ3v) is 9.46. The van der Waals surface area contributed by atoms with Crippen molar-refractivity contribution in [3.05, 3.63) is 90.0 Å². The largest absolute Gasteiger partial charge is 0.497 e. The number of alkyl halides is 3. The molecule has 3 aromatic rings. The van der Waals surface area contributed by atoms with Crippen LogP contribution < -0.4 is 14.4 Å². The van der Waals surface area contributed by atoms with Crippen LogP contribution in [0.25, 0.3) is 0 Å². The Morgan fingerprint density at radius 2 is 1.64 bits per heavy atom. The first-order valence-electron chi connectivity index (χ1n) is 14.4. The van der Waals surface area contributed by atoms with E-state index < -0.39 is 40.3 Å². The first-order valence-corrected chi connectivity index (χ1v) is 15.9. The van der Waals surface area contributed by atoms with E-state index in [-0.39, 0.29) is 35.5 Å². The summed E-state index contributed by atoms with van der Waals surface area (Å²) in [5.74, 6) is -0.522. The molecule has 8 nitrogen and oxygen atoms in total. The summed E-state index contributed by atoms with van der Waals surface area (Å²) >= 11 is 0. The molecule has 0 saturated heterocycles. The number of ether oxygens (including phenoxy) is 1. The number of nitrogens with zero attached hydrogens (tertiary/aromatic N) is 2. The highest BCUT2D eigenvalue weighted by Gasteiger charge is 2.36. The van der Waals surface area contributed by atoms with Gasteiger partial charge < -0.3 is 15.0 Å². The Kier molecular flexibility index (Phi) is 10.6. The summed E-state index contributed by atoms with van der Waals surface area (Å²) in [7, 11) is -2.98. The van der Waals surface area contributed by atoms with E-state index in [1.807, 2.05) is 0 Å². The van der Waals surface area contributed by atoms with Crippen LogP contribution in [0.1, 0.15) is 50.2 Å². The molecule has 4 rings (SSSR count). The number of methoxy groups -OCH3 is 1. The number of hydrogen-bond donors (Lipinski definition) is 1. The average Bonchev–Trinajstić information content (AvgIpc) is 3.53. The fraction of sp³-hybridized carbons (Fsp3) is 0.375. The molecule has 2 amide bonds. The van der Waals surface area contributed by atoms with E-state index >= 15 is 0 Å². The van der Waals surface area contributed by atoms with Crippen LogP contribution in [0.15, 0.2) is 83.8 Å². The van der Waals surface area contributed by atoms with Gasteiger partial charge in [-0.1, -0.05) is 56.2 Å². The molecular formula is C32H36F3N3O5S. The van der Waals surface area contributed by atoms with Crippen LogP contribution in [-0.2, 0) is 32.3 Å². The molecule has 1 aliphatic carbocycles. The molecule has 0 bridgehead atoms. The maximum absolute atomic E-state index is 14.1. The predicted octanol–water partition coefficient (Wildman–Crippen LogP) is 5.78. The van der Waals surface area contributed by atoms with Gasteiger partial charge in [0.05, 0.1) is 23.3 Å². The summed E-state index contributed by atoms with van der Waals surface area (Å²) in [5.41, 5.74) is -0.735. The zero-order valence-corrected chi connectivity index (χ0v) is 25.4. The molecule has 0 heterocycles. The molecule has 1 N–H and O–H groups in total. The second-order valence-electron chi connectivity index (χ2n) is 10.7. The van der Waals surface area contributed by atoms with E-state index in [2.05, 4.69) is 5.32 Å². The summed E-state index contributed by atoms with van der Waals surface area (Å²) in [6, 6.07) is 16.9. The fourth-order valence-electron chi connectivity index (χ4n) is 5.30. The second kappa shape index (κ2) is 14.1. The molecule has 0 unspecified atom stereocenters. The van der Waals surface area contributed by atoms with Gasteiger partial charge in [-0.15, -0.1) is 0 Å². The van der Waals surface area contributed by atoms with Crippen molar-refractivity contribution >= 4 is 27.5 Å². The number of carbonyl (C=O) groups excluding carboxylic acids is 2. The van der Waals surface area contributed by atoms with E-state index in [9.17, 15) is 31.2 Å². The van der Waals surface area contributed by atoms with Crippen molar-refractivity contribution in [2.75, 3.05) is 18.0 Å².